The van der Waals surface area contributed by atoms with E-state index in [-0.39, 0.29) is 28.2 Å². The molecule has 31 heavy (non-hydrogen) atoms. The summed E-state index contributed by atoms with van der Waals surface area (Å²) in [5.74, 6) is -2.95. The molecule has 2 aromatic heterocycles. The third kappa shape index (κ3) is 4.22. The first-order valence-corrected chi connectivity index (χ1v) is 8.83. The van der Waals surface area contributed by atoms with Gasteiger partial charge in [0.25, 0.3) is 11.5 Å². The number of aromatic nitrogens is 3. The van der Waals surface area contributed by atoms with E-state index in [0.29, 0.717) is 17.8 Å². The summed E-state index contributed by atoms with van der Waals surface area (Å²) in [6.45, 7) is 1.88. The lowest BCUT2D eigenvalue weighted by molar-refractivity contribution is -0.192. The summed E-state index contributed by atoms with van der Waals surface area (Å²) < 4.78 is 46.6. The van der Waals surface area contributed by atoms with Crippen molar-refractivity contribution in [1.82, 2.24) is 19.9 Å². The Bertz CT molecular complexity index is 1240. The highest BCUT2D eigenvalue weighted by Crippen LogP contribution is 2.25. The van der Waals surface area contributed by atoms with Crippen molar-refractivity contribution in [3.05, 3.63) is 64.1 Å². The molecule has 162 valence electrons. The fourth-order valence-electron chi connectivity index (χ4n) is 2.95. The number of nitrogens with one attached hydrogen (secondary N) is 1. The van der Waals surface area contributed by atoms with Crippen LogP contribution in [0.5, 0.6) is 0 Å². The van der Waals surface area contributed by atoms with E-state index < -0.39 is 24.0 Å². The molecule has 1 aliphatic rings. The topological polar surface area (TPSA) is 114 Å². The number of aliphatic carboxylic acids is 1. The quantitative estimate of drug-likeness (QED) is 0.565. The van der Waals surface area contributed by atoms with Crippen LogP contribution in [0, 0.1) is 5.82 Å². The van der Waals surface area contributed by atoms with Crippen LogP contribution in [-0.2, 0) is 4.79 Å². The van der Waals surface area contributed by atoms with Gasteiger partial charge in [0.1, 0.15) is 11.6 Å². The Morgan fingerprint density at radius 1 is 1.26 bits per heavy atom. The van der Waals surface area contributed by atoms with E-state index in [1.807, 2.05) is 6.92 Å². The van der Waals surface area contributed by atoms with Crippen molar-refractivity contribution in [2.75, 3.05) is 0 Å². The van der Waals surface area contributed by atoms with Gasteiger partial charge in [-0.2, -0.15) is 13.2 Å². The van der Waals surface area contributed by atoms with Crippen LogP contribution in [0.1, 0.15) is 35.6 Å². The molecule has 0 bridgehead atoms. The summed E-state index contributed by atoms with van der Waals surface area (Å²) >= 11 is 0. The van der Waals surface area contributed by atoms with E-state index in [9.17, 15) is 27.2 Å². The number of fused-ring (bicyclic) bond motifs is 4. The van der Waals surface area contributed by atoms with Crippen LogP contribution in [0.2, 0.25) is 0 Å². The number of rotatable bonds is 1. The number of carboxylic acids is 1. The summed E-state index contributed by atoms with van der Waals surface area (Å²) in [7, 11) is 0. The van der Waals surface area contributed by atoms with Gasteiger partial charge in [-0.25, -0.2) is 23.7 Å². The van der Waals surface area contributed by atoms with Crippen molar-refractivity contribution in [3.63, 3.8) is 0 Å². The van der Waals surface area contributed by atoms with Gasteiger partial charge in [-0.05, 0) is 30.7 Å². The highest BCUT2D eigenvalue weighted by atomic mass is 19.4. The fourth-order valence-corrected chi connectivity index (χ4v) is 2.95. The number of carbonyl (C=O) groups is 2. The molecule has 3 aromatic rings. The van der Waals surface area contributed by atoms with Crippen LogP contribution in [0.4, 0.5) is 17.6 Å². The molecule has 0 spiro atoms. The van der Waals surface area contributed by atoms with Crippen LogP contribution in [-0.4, -0.2) is 37.7 Å². The number of carbonyl (C=O) groups excluding carboxylic acids is 1. The second kappa shape index (κ2) is 8.13. The molecule has 1 aromatic carbocycles. The third-order valence-electron chi connectivity index (χ3n) is 4.37. The van der Waals surface area contributed by atoms with Crippen LogP contribution >= 0.6 is 0 Å². The van der Waals surface area contributed by atoms with Gasteiger partial charge in [0, 0.05) is 12.3 Å². The number of hydrogen-bond donors (Lipinski definition) is 2. The summed E-state index contributed by atoms with van der Waals surface area (Å²) in [4.78, 5) is 43.0. The molecule has 12 heteroatoms. The minimum absolute atomic E-state index is 0.240. The molecule has 8 nitrogen and oxygen atoms in total. The van der Waals surface area contributed by atoms with Gasteiger partial charge in [0.15, 0.2) is 5.82 Å². The van der Waals surface area contributed by atoms with Gasteiger partial charge in [0.2, 0.25) is 0 Å². The molecular formula is C19H14F4N4O4. The molecule has 1 unspecified atom stereocenters. The van der Waals surface area contributed by atoms with Crippen molar-refractivity contribution in [3.8, 4) is 5.82 Å². The number of nitrogens with zero attached hydrogens (tertiary/aromatic N) is 3. The zero-order valence-electron chi connectivity index (χ0n) is 15.8. The van der Waals surface area contributed by atoms with E-state index in [0.717, 1.165) is 0 Å². The van der Waals surface area contributed by atoms with Crippen LogP contribution < -0.4 is 10.9 Å². The Morgan fingerprint density at radius 2 is 1.94 bits per heavy atom. The average Bonchev–Trinajstić information content (AvgIpc) is 2.82. The lowest BCUT2D eigenvalue weighted by Crippen LogP contribution is -2.30. The smallest absolute Gasteiger partial charge is 0.475 e. The van der Waals surface area contributed by atoms with E-state index in [4.69, 9.17) is 9.90 Å². The largest absolute Gasteiger partial charge is 0.490 e. The SMILES string of the molecule is CCC1NC(=O)c2cccnc2-n2c1nc1cc(F)ccc1c2=O.O=C(O)C(F)(F)F. The summed E-state index contributed by atoms with van der Waals surface area (Å²) in [5, 5.41) is 10.3. The minimum Gasteiger partial charge on any atom is -0.475 e. The second-order valence-corrected chi connectivity index (χ2v) is 6.38. The fraction of sp³-hybridized carbons (Fsp3) is 0.211. The number of alkyl halides is 3. The molecule has 0 saturated heterocycles. The van der Waals surface area contributed by atoms with Gasteiger partial charge in [-0.3, -0.25) is 9.59 Å². The van der Waals surface area contributed by atoms with E-state index in [1.54, 1.807) is 12.1 Å². The maximum atomic E-state index is 13.5. The van der Waals surface area contributed by atoms with Crippen molar-refractivity contribution in [1.29, 1.82) is 0 Å². The Labute approximate surface area is 171 Å². The third-order valence-corrected chi connectivity index (χ3v) is 4.37. The highest BCUT2D eigenvalue weighted by molar-refractivity contribution is 5.98. The van der Waals surface area contributed by atoms with Gasteiger partial charge in [-0.15, -0.1) is 0 Å². The van der Waals surface area contributed by atoms with E-state index in [1.165, 1.54) is 29.0 Å². The van der Waals surface area contributed by atoms with Gasteiger partial charge in [-0.1, -0.05) is 6.92 Å². The predicted molar refractivity (Wildman–Crippen MR) is 99.3 cm³/mol. The molecule has 3 heterocycles. The molecule has 0 saturated carbocycles. The number of carboxylic acid groups (broad SMARTS) is 1. The molecule has 4 rings (SSSR count). The van der Waals surface area contributed by atoms with E-state index in [2.05, 4.69) is 15.3 Å². The zero-order chi connectivity index (χ0) is 22.9. The van der Waals surface area contributed by atoms with Crippen molar-refractivity contribution in [2.24, 2.45) is 0 Å². The lowest BCUT2D eigenvalue weighted by atomic mass is 10.1. The van der Waals surface area contributed by atoms with Gasteiger partial charge < -0.3 is 10.4 Å². The molecule has 0 aliphatic carbocycles. The second-order valence-electron chi connectivity index (χ2n) is 6.38. The molecule has 1 amide bonds. The maximum Gasteiger partial charge on any atom is 0.490 e. The molecule has 1 aliphatic heterocycles. The monoisotopic (exact) mass is 438 g/mol. The van der Waals surface area contributed by atoms with Crippen molar-refractivity contribution >= 4 is 22.8 Å². The number of amides is 1. The summed E-state index contributed by atoms with van der Waals surface area (Å²) in [5.41, 5.74) is 0.197. The Balaban J connectivity index is 0.000000339. The Hall–Kier alpha value is -3.83. The van der Waals surface area contributed by atoms with Crippen LogP contribution in [0.25, 0.3) is 16.7 Å². The molecule has 0 fully saturated rings. The number of hydrogen-bond acceptors (Lipinski definition) is 5. The normalized spacial score (nSPS) is 15.1. The van der Waals surface area contributed by atoms with Crippen molar-refractivity contribution in [2.45, 2.75) is 25.6 Å². The standard InChI is InChI=1S/C17H13FN4O2.C2HF3O2/c1-2-12-15-20-13-8-9(18)5-6-10(13)17(24)22(15)14-11(16(23)21-12)4-3-7-19-14;3-2(4,5)1(6)7/h3-8,12H,2H2,1H3,(H,21,23);(H,6,7). The average molecular weight is 438 g/mol. The Morgan fingerprint density at radius 3 is 2.55 bits per heavy atom. The molecule has 0 radical (unpaired) electrons. The first-order chi connectivity index (χ1) is 14.5. The summed E-state index contributed by atoms with van der Waals surface area (Å²) in [6.07, 6.45) is -3.03. The Kier molecular flexibility index (Phi) is 5.73. The number of benzene rings is 1. The first-order valence-electron chi connectivity index (χ1n) is 8.83. The van der Waals surface area contributed by atoms with Gasteiger partial charge >= 0.3 is 12.1 Å². The number of halogens is 4. The molecular weight excluding hydrogens is 424 g/mol. The molecule has 2 N–H and O–H groups in total. The van der Waals surface area contributed by atoms with Gasteiger partial charge in [0.05, 0.1) is 22.5 Å². The lowest BCUT2D eigenvalue weighted by Gasteiger charge is -2.17. The van der Waals surface area contributed by atoms with Crippen LogP contribution in [0.3, 0.4) is 0 Å². The minimum atomic E-state index is -5.08. The van der Waals surface area contributed by atoms with Crippen molar-refractivity contribution < 1.29 is 32.3 Å². The predicted octanol–water partition coefficient (Wildman–Crippen LogP) is 2.75. The first kappa shape index (κ1) is 21.9. The highest BCUT2D eigenvalue weighted by Gasteiger charge is 2.38. The molecule has 1 atom stereocenters. The zero-order valence-corrected chi connectivity index (χ0v) is 15.8. The van der Waals surface area contributed by atoms with E-state index >= 15 is 0 Å². The summed E-state index contributed by atoms with van der Waals surface area (Å²) in [6, 6.07) is 6.62. The maximum absolute atomic E-state index is 13.5. The van der Waals surface area contributed by atoms with Crippen LogP contribution in [0.15, 0.2) is 41.3 Å². The number of pyridine rings is 1.